The quantitative estimate of drug-likeness (QED) is 0.160. The van der Waals surface area contributed by atoms with Gasteiger partial charge in [-0.15, -0.1) is 0 Å². The number of fused-ring (bicyclic) bond motifs is 7. The lowest BCUT2D eigenvalue weighted by Gasteiger charge is -2.26. The molecule has 63 heavy (non-hydrogen) atoms. The van der Waals surface area contributed by atoms with Crippen molar-refractivity contribution in [3.63, 3.8) is 0 Å². The number of para-hydroxylation sites is 2. The molecule has 0 radical (unpaired) electrons. The summed E-state index contributed by atoms with van der Waals surface area (Å²) in [7, 11) is 0. The van der Waals surface area contributed by atoms with E-state index in [1.54, 1.807) is 0 Å². The molecular weight excluding hydrogens is 763 g/mol. The minimum Gasteiger partial charge on any atom is -0.310 e. The fraction of sp³-hybridized carbons (Fsp3) is 0.0500. The third-order valence-electron chi connectivity index (χ3n) is 13.2. The first-order valence-corrected chi connectivity index (χ1v) is 21.8. The Labute approximate surface area is 367 Å². The van der Waals surface area contributed by atoms with E-state index in [0.29, 0.717) is 0 Å². The molecule has 0 aliphatic heterocycles. The lowest BCUT2D eigenvalue weighted by Crippen LogP contribution is -2.15. The Bertz CT molecular complexity index is 3540. The molecule has 2 heterocycles. The van der Waals surface area contributed by atoms with Crippen LogP contribution in [-0.2, 0) is 5.41 Å². The molecule has 298 valence electrons. The van der Waals surface area contributed by atoms with E-state index in [4.69, 9.17) is 0 Å². The van der Waals surface area contributed by atoms with Gasteiger partial charge in [0.25, 0.3) is 0 Å². The summed E-state index contributed by atoms with van der Waals surface area (Å²) >= 11 is 0. The Hall–Kier alpha value is -8.01. The van der Waals surface area contributed by atoms with Crippen molar-refractivity contribution in [1.82, 2.24) is 9.55 Å². The second-order valence-electron chi connectivity index (χ2n) is 17.2. The van der Waals surface area contributed by atoms with Gasteiger partial charge < -0.3 is 9.47 Å². The summed E-state index contributed by atoms with van der Waals surface area (Å²) in [4.78, 5) is 6.93. The monoisotopic (exact) mass is 805 g/mol. The van der Waals surface area contributed by atoms with Gasteiger partial charge in [0, 0.05) is 50.5 Å². The van der Waals surface area contributed by atoms with Crippen molar-refractivity contribution in [3.05, 3.63) is 236 Å². The summed E-state index contributed by atoms with van der Waals surface area (Å²) in [6.45, 7) is 4.71. The van der Waals surface area contributed by atoms with Gasteiger partial charge in [-0.3, -0.25) is 4.98 Å². The van der Waals surface area contributed by atoms with Crippen LogP contribution in [0.3, 0.4) is 0 Å². The Kier molecular flexibility index (Phi) is 8.52. The van der Waals surface area contributed by atoms with Crippen LogP contribution < -0.4 is 4.90 Å². The number of hydrogen-bond donors (Lipinski definition) is 0. The van der Waals surface area contributed by atoms with Gasteiger partial charge >= 0.3 is 0 Å². The first-order chi connectivity index (χ1) is 31.0. The van der Waals surface area contributed by atoms with Crippen LogP contribution in [-0.4, -0.2) is 9.55 Å². The molecule has 12 rings (SSSR count). The van der Waals surface area contributed by atoms with Gasteiger partial charge in [-0.2, -0.15) is 0 Å². The zero-order valence-electron chi connectivity index (χ0n) is 35.2. The topological polar surface area (TPSA) is 21.1 Å². The molecule has 0 atom stereocenters. The molecule has 0 saturated heterocycles. The molecule has 0 spiro atoms. The number of benzene rings is 9. The third kappa shape index (κ3) is 6.07. The van der Waals surface area contributed by atoms with Crippen LogP contribution >= 0.6 is 0 Å². The highest BCUT2D eigenvalue weighted by atomic mass is 15.1. The Balaban J connectivity index is 0.905. The minimum absolute atomic E-state index is 0.0688. The van der Waals surface area contributed by atoms with Gasteiger partial charge in [-0.05, 0) is 141 Å². The van der Waals surface area contributed by atoms with Crippen LogP contribution in [0, 0.1) is 0 Å². The molecule has 0 unspecified atom stereocenters. The molecule has 11 aromatic rings. The summed E-state index contributed by atoms with van der Waals surface area (Å²) < 4.78 is 2.45. The predicted octanol–water partition coefficient (Wildman–Crippen LogP) is 16.1. The van der Waals surface area contributed by atoms with Crippen molar-refractivity contribution in [2.45, 2.75) is 19.3 Å². The van der Waals surface area contributed by atoms with E-state index in [1.807, 2.05) is 12.3 Å². The number of nitrogens with zero attached hydrogens (tertiary/aromatic N) is 3. The SMILES string of the molecule is CC1(C)c2ccccc2-c2ccc(-n3c4ccccc4c4cc(-c5cccc(-c6cccc(N(c7ccccc7)c7ccc(-c8cccc9ncccc89)cc7)c6)c5)ccc43)cc21. The smallest absolute Gasteiger partial charge is 0.0708 e. The second kappa shape index (κ2) is 14.6. The van der Waals surface area contributed by atoms with Crippen LogP contribution in [0.1, 0.15) is 25.0 Å². The van der Waals surface area contributed by atoms with E-state index in [-0.39, 0.29) is 5.41 Å². The van der Waals surface area contributed by atoms with Crippen LogP contribution in [0.25, 0.3) is 82.9 Å². The van der Waals surface area contributed by atoms with Crippen LogP contribution in [0.4, 0.5) is 17.1 Å². The summed E-state index contributed by atoms with van der Waals surface area (Å²) in [5, 5.41) is 3.66. The minimum atomic E-state index is -0.0688. The Morgan fingerprint density at radius 1 is 0.381 bits per heavy atom. The summed E-state index contributed by atoms with van der Waals surface area (Å²) in [6, 6.07) is 79.6. The maximum atomic E-state index is 4.59. The van der Waals surface area contributed by atoms with E-state index in [1.165, 1.54) is 72.0 Å². The standard InChI is InChI=1S/C60H43N3/c1-60(2)55-24-8-6-20-50(55)51-33-32-48(39-56(51)60)63-58-26-9-7-21-53(58)54-38-44(29-34-59(54)63)42-15-10-14-41(36-42)43-16-11-19-47(37-43)62(45-17-4-3-5-18-45)46-30-27-40(28-31-46)49-22-12-25-57-52(49)23-13-35-61-57/h3-39H,1-2H3. The van der Waals surface area contributed by atoms with Crippen LogP contribution in [0.2, 0.25) is 0 Å². The van der Waals surface area contributed by atoms with Crippen molar-refractivity contribution in [2.24, 2.45) is 0 Å². The maximum Gasteiger partial charge on any atom is 0.0708 e. The van der Waals surface area contributed by atoms with E-state index in [9.17, 15) is 0 Å². The fourth-order valence-corrected chi connectivity index (χ4v) is 10.1. The van der Waals surface area contributed by atoms with Gasteiger partial charge in [-0.25, -0.2) is 0 Å². The highest BCUT2D eigenvalue weighted by molar-refractivity contribution is 6.10. The lowest BCUT2D eigenvalue weighted by atomic mass is 9.82. The van der Waals surface area contributed by atoms with E-state index >= 15 is 0 Å². The normalized spacial score (nSPS) is 12.7. The Morgan fingerprint density at radius 2 is 1.00 bits per heavy atom. The van der Waals surface area contributed by atoms with Gasteiger partial charge in [0.05, 0.1) is 16.6 Å². The molecule has 0 saturated carbocycles. The first-order valence-electron chi connectivity index (χ1n) is 21.8. The molecule has 0 N–H and O–H groups in total. The Morgan fingerprint density at radius 3 is 1.86 bits per heavy atom. The van der Waals surface area contributed by atoms with Gasteiger partial charge in [0.15, 0.2) is 0 Å². The molecular formula is C60H43N3. The number of pyridine rings is 1. The molecule has 1 aliphatic carbocycles. The number of rotatable bonds is 7. The second-order valence-corrected chi connectivity index (χ2v) is 17.2. The number of anilines is 3. The molecule has 0 amide bonds. The first kappa shape index (κ1) is 36.8. The molecule has 2 aromatic heterocycles. The average Bonchev–Trinajstić information content (AvgIpc) is 3.79. The van der Waals surface area contributed by atoms with Crippen molar-refractivity contribution < 1.29 is 0 Å². The van der Waals surface area contributed by atoms with Gasteiger partial charge in [0.1, 0.15) is 0 Å². The van der Waals surface area contributed by atoms with Crippen molar-refractivity contribution in [1.29, 1.82) is 0 Å². The van der Waals surface area contributed by atoms with Crippen molar-refractivity contribution in [3.8, 4) is 50.2 Å². The molecule has 9 aromatic carbocycles. The van der Waals surface area contributed by atoms with Gasteiger partial charge in [-0.1, -0.05) is 147 Å². The maximum absolute atomic E-state index is 4.59. The number of aromatic nitrogens is 2. The summed E-state index contributed by atoms with van der Waals surface area (Å²) in [5.41, 5.74) is 20.4. The van der Waals surface area contributed by atoms with Gasteiger partial charge in [0.2, 0.25) is 0 Å². The molecule has 3 nitrogen and oxygen atoms in total. The molecule has 3 heteroatoms. The lowest BCUT2D eigenvalue weighted by molar-refractivity contribution is 0.660. The number of hydrogen-bond acceptors (Lipinski definition) is 2. The van der Waals surface area contributed by atoms with E-state index in [2.05, 4.69) is 241 Å². The summed E-state index contributed by atoms with van der Waals surface area (Å²) in [5.74, 6) is 0. The fourth-order valence-electron chi connectivity index (χ4n) is 10.1. The van der Waals surface area contributed by atoms with Crippen molar-refractivity contribution >= 4 is 49.8 Å². The molecule has 1 aliphatic rings. The average molecular weight is 806 g/mol. The zero-order valence-corrected chi connectivity index (χ0v) is 35.2. The van der Waals surface area contributed by atoms with Crippen molar-refractivity contribution in [2.75, 3.05) is 4.90 Å². The predicted molar refractivity (Wildman–Crippen MR) is 265 cm³/mol. The van der Waals surface area contributed by atoms with Crippen LogP contribution in [0.15, 0.2) is 225 Å². The summed E-state index contributed by atoms with van der Waals surface area (Å²) in [6.07, 6.45) is 1.85. The third-order valence-corrected chi connectivity index (χ3v) is 13.2. The molecule has 0 fully saturated rings. The largest absolute Gasteiger partial charge is 0.310 e. The van der Waals surface area contributed by atoms with E-state index < -0.39 is 0 Å². The highest BCUT2D eigenvalue weighted by Gasteiger charge is 2.35. The molecule has 0 bridgehead atoms. The van der Waals surface area contributed by atoms with Crippen LogP contribution in [0.5, 0.6) is 0 Å². The van der Waals surface area contributed by atoms with E-state index in [0.717, 1.165) is 39.1 Å². The highest BCUT2D eigenvalue weighted by Crippen LogP contribution is 2.49. The zero-order chi connectivity index (χ0) is 42.1.